The zero-order chi connectivity index (χ0) is 14.7. The van der Waals surface area contributed by atoms with E-state index >= 15 is 0 Å². The number of nitrogens with one attached hydrogen (secondary N) is 1. The van der Waals surface area contributed by atoms with Crippen LogP contribution in [0.3, 0.4) is 0 Å². The molecule has 21 heavy (non-hydrogen) atoms. The van der Waals surface area contributed by atoms with Gasteiger partial charge in [0, 0.05) is 44.0 Å². The second kappa shape index (κ2) is 6.67. The van der Waals surface area contributed by atoms with E-state index in [1.807, 2.05) is 0 Å². The van der Waals surface area contributed by atoms with Crippen LogP contribution in [0.25, 0.3) is 0 Å². The van der Waals surface area contributed by atoms with Crippen LogP contribution in [0.5, 0.6) is 5.75 Å². The van der Waals surface area contributed by atoms with Crippen molar-refractivity contribution in [1.82, 2.24) is 10.2 Å². The minimum Gasteiger partial charge on any atom is -0.497 e. The van der Waals surface area contributed by atoms with E-state index in [4.69, 9.17) is 4.74 Å². The number of ether oxygens (including phenoxy) is 1. The fraction of sp³-hybridized carbons (Fsp3) is 0.647. The van der Waals surface area contributed by atoms with Crippen molar-refractivity contribution in [3.63, 3.8) is 0 Å². The summed E-state index contributed by atoms with van der Waals surface area (Å²) >= 11 is 0. The predicted octanol–water partition coefficient (Wildman–Crippen LogP) is 2.09. The van der Waals surface area contributed by atoms with E-state index in [0.29, 0.717) is 6.04 Å². The molecule has 0 radical (unpaired) electrons. The molecule has 2 heterocycles. The summed E-state index contributed by atoms with van der Waals surface area (Å²) in [6.45, 7) is 9.09. The Hall–Kier alpha value is -1.26. The molecule has 0 aliphatic carbocycles. The first-order valence-corrected chi connectivity index (χ1v) is 8.14. The molecule has 1 saturated heterocycles. The van der Waals surface area contributed by atoms with E-state index in [-0.39, 0.29) is 0 Å². The summed E-state index contributed by atoms with van der Waals surface area (Å²) in [5.74, 6) is 0.953. The molecule has 1 unspecified atom stereocenters. The lowest BCUT2D eigenvalue weighted by Crippen LogP contribution is -2.40. The molecular formula is C17H27N3O. The van der Waals surface area contributed by atoms with Gasteiger partial charge in [-0.15, -0.1) is 0 Å². The molecule has 1 aromatic rings. The highest BCUT2D eigenvalue weighted by molar-refractivity contribution is 5.58. The highest BCUT2D eigenvalue weighted by atomic mass is 16.5. The molecule has 2 aliphatic rings. The molecule has 1 N–H and O–H groups in total. The van der Waals surface area contributed by atoms with Gasteiger partial charge in [0.2, 0.25) is 0 Å². The molecule has 0 amide bonds. The molecule has 0 aromatic heterocycles. The summed E-state index contributed by atoms with van der Waals surface area (Å²) in [5, 5.41) is 3.60. The second-order valence-electron chi connectivity index (χ2n) is 6.27. The van der Waals surface area contributed by atoms with Gasteiger partial charge in [0.25, 0.3) is 0 Å². The lowest BCUT2D eigenvalue weighted by molar-refractivity contribution is 0.343. The lowest BCUT2D eigenvalue weighted by Gasteiger charge is -2.29. The number of fused-ring (bicyclic) bond motifs is 1. The van der Waals surface area contributed by atoms with Gasteiger partial charge in [-0.05, 0) is 44.5 Å². The van der Waals surface area contributed by atoms with Crippen molar-refractivity contribution in [3.05, 3.63) is 23.8 Å². The fourth-order valence-corrected chi connectivity index (χ4v) is 3.37. The van der Waals surface area contributed by atoms with Gasteiger partial charge in [-0.25, -0.2) is 0 Å². The Morgan fingerprint density at radius 1 is 1.24 bits per heavy atom. The smallest absolute Gasteiger partial charge is 0.120 e. The van der Waals surface area contributed by atoms with Crippen LogP contribution in [0, 0.1) is 0 Å². The van der Waals surface area contributed by atoms with Crippen molar-refractivity contribution >= 4 is 5.69 Å². The lowest BCUT2D eigenvalue weighted by atomic mass is 10.1. The maximum Gasteiger partial charge on any atom is 0.120 e. The largest absolute Gasteiger partial charge is 0.497 e. The highest BCUT2D eigenvalue weighted by Crippen LogP contribution is 2.28. The Bertz CT molecular complexity index is 471. The monoisotopic (exact) mass is 289 g/mol. The van der Waals surface area contributed by atoms with Gasteiger partial charge in [-0.2, -0.15) is 0 Å². The summed E-state index contributed by atoms with van der Waals surface area (Å²) in [6, 6.07) is 6.97. The van der Waals surface area contributed by atoms with Crippen molar-refractivity contribution in [3.8, 4) is 5.75 Å². The number of methoxy groups -OCH3 is 1. The molecule has 0 spiro atoms. The summed E-state index contributed by atoms with van der Waals surface area (Å²) in [6.07, 6.45) is 2.73. The van der Waals surface area contributed by atoms with Gasteiger partial charge in [0.05, 0.1) is 7.11 Å². The van der Waals surface area contributed by atoms with Crippen molar-refractivity contribution in [2.75, 3.05) is 44.7 Å². The first-order valence-electron chi connectivity index (χ1n) is 8.14. The molecule has 1 atom stereocenters. The molecule has 0 bridgehead atoms. The van der Waals surface area contributed by atoms with Gasteiger partial charge < -0.3 is 19.9 Å². The van der Waals surface area contributed by atoms with Crippen LogP contribution in [0.15, 0.2) is 18.2 Å². The Kier molecular flexibility index (Phi) is 4.66. The number of anilines is 1. The minimum atomic E-state index is 0.516. The number of benzene rings is 1. The average Bonchev–Trinajstić information content (AvgIpc) is 2.97. The van der Waals surface area contributed by atoms with Crippen LogP contribution in [0.1, 0.15) is 25.3 Å². The summed E-state index contributed by atoms with van der Waals surface area (Å²) in [7, 11) is 1.74. The predicted molar refractivity (Wildman–Crippen MR) is 87.2 cm³/mol. The van der Waals surface area contributed by atoms with Crippen molar-refractivity contribution in [1.29, 1.82) is 0 Å². The molecule has 1 fully saturated rings. The minimum absolute atomic E-state index is 0.516. The number of hydrogen-bond acceptors (Lipinski definition) is 4. The van der Waals surface area contributed by atoms with Gasteiger partial charge >= 0.3 is 0 Å². The van der Waals surface area contributed by atoms with Gasteiger partial charge in [0.1, 0.15) is 5.75 Å². The number of nitrogens with zero attached hydrogens (tertiary/aromatic N) is 2. The third-order valence-electron chi connectivity index (χ3n) is 4.65. The van der Waals surface area contributed by atoms with Crippen LogP contribution >= 0.6 is 0 Å². The molecule has 116 valence electrons. The Morgan fingerprint density at radius 2 is 2.05 bits per heavy atom. The van der Waals surface area contributed by atoms with E-state index in [1.54, 1.807) is 7.11 Å². The third-order valence-corrected chi connectivity index (χ3v) is 4.65. The van der Waals surface area contributed by atoms with Crippen molar-refractivity contribution in [2.24, 2.45) is 0 Å². The third kappa shape index (κ3) is 3.50. The van der Waals surface area contributed by atoms with Gasteiger partial charge in [0.15, 0.2) is 0 Å². The van der Waals surface area contributed by atoms with Crippen molar-refractivity contribution in [2.45, 2.75) is 32.4 Å². The standard InChI is InChI=1S/C17H27N3O/c1-14-13-20(10-9-19-7-3-4-8-19)17-11-16(21-2)6-5-15(17)12-18-14/h5-6,11,14,18H,3-4,7-10,12-13H2,1-2H3. The van der Waals surface area contributed by atoms with Crippen LogP contribution < -0.4 is 15.0 Å². The maximum absolute atomic E-state index is 5.42. The highest BCUT2D eigenvalue weighted by Gasteiger charge is 2.21. The van der Waals surface area contributed by atoms with E-state index in [9.17, 15) is 0 Å². The average molecular weight is 289 g/mol. The van der Waals surface area contributed by atoms with Gasteiger partial charge in [-0.3, -0.25) is 0 Å². The first kappa shape index (κ1) is 14.7. The van der Waals surface area contributed by atoms with Crippen LogP contribution in [0.4, 0.5) is 5.69 Å². The normalized spacial score (nSPS) is 23.0. The second-order valence-corrected chi connectivity index (χ2v) is 6.27. The van der Waals surface area contributed by atoms with Crippen molar-refractivity contribution < 1.29 is 4.74 Å². The van der Waals surface area contributed by atoms with Gasteiger partial charge in [-0.1, -0.05) is 6.07 Å². The number of likely N-dealkylation sites (tertiary alicyclic amines) is 1. The quantitative estimate of drug-likeness (QED) is 0.918. The zero-order valence-electron chi connectivity index (χ0n) is 13.3. The Balaban J connectivity index is 1.76. The molecule has 4 heteroatoms. The summed E-state index contributed by atoms with van der Waals surface area (Å²) in [4.78, 5) is 5.11. The van der Waals surface area contributed by atoms with Crippen LogP contribution in [-0.2, 0) is 6.54 Å². The number of rotatable bonds is 4. The van der Waals surface area contributed by atoms with E-state index in [1.165, 1.54) is 43.7 Å². The first-order chi connectivity index (χ1) is 10.3. The Labute approximate surface area is 128 Å². The fourth-order valence-electron chi connectivity index (χ4n) is 3.37. The molecule has 0 saturated carbocycles. The Morgan fingerprint density at radius 3 is 2.81 bits per heavy atom. The van der Waals surface area contributed by atoms with Crippen LogP contribution in [-0.4, -0.2) is 50.8 Å². The topological polar surface area (TPSA) is 27.7 Å². The summed E-state index contributed by atoms with van der Waals surface area (Å²) < 4.78 is 5.42. The molecule has 2 aliphatic heterocycles. The van der Waals surface area contributed by atoms with E-state index in [0.717, 1.165) is 25.4 Å². The van der Waals surface area contributed by atoms with Crippen LogP contribution in [0.2, 0.25) is 0 Å². The maximum atomic E-state index is 5.42. The molecule has 4 nitrogen and oxygen atoms in total. The molecule has 3 rings (SSSR count). The summed E-state index contributed by atoms with van der Waals surface area (Å²) in [5.41, 5.74) is 2.71. The molecular weight excluding hydrogens is 262 g/mol. The molecule has 1 aromatic carbocycles. The number of hydrogen-bond donors (Lipinski definition) is 1. The van der Waals surface area contributed by atoms with E-state index in [2.05, 4.69) is 40.2 Å². The SMILES string of the molecule is COc1ccc2c(c1)N(CCN1CCCC1)CC(C)NC2. The van der Waals surface area contributed by atoms with E-state index < -0.39 is 0 Å². The zero-order valence-corrected chi connectivity index (χ0v) is 13.3.